The topological polar surface area (TPSA) is 67.5 Å². The number of nitrogen functional groups attached to an aromatic ring is 1. The van der Waals surface area contributed by atoms with E-state index in [9.17, 15) is 0 Å². The number of halogens is 1. The van der Waals surface area contributed by atoms with Crippen LogP contribution in [0.25, 0.3) is 0 Å². The Balaban J connectivity index is 1.45. The summed E-state index contributed by atoms with van der Waals surface area (Å²) in [6.07, 6.45) is 4.35. The number of aromatic nitrogens is 2. The third kappa shape index (κ3) is 4.71. The smallest absolute Gasteiger partial charge is 0.223 e. The summed E-state index contributed by atoms with van der Waals surface area (Å²) in [5, 5.41) is 0.412. The van der Waals surface area contributed by atoms with E-state index in [-0.39, 0.29) is 5.95 Å². The Hall–Kier alpha value is -1.11. The predicted octanol–water partition coefficient (Wildman–Crippen LogP) is 2.43. The maximum Gasteiger partial charge on any atom is 0.223 e. The molecule has 7 heteroatoms. The van der Waals surface area contributed by atoms with Gasteiger partial charge in [0.15, 0.2) is 0 Å². The molecule has 1 aromatic heterocycles. The lowest BCUT2D eigenvalue weighted by Crippen LogP contribution is -2.46. The fourth-order valence-corrected chi connectivity index (χ4v) is 4.05. The van der Waals surface area contributed by atoms with Crippen LogP contribution in [0.1, 0.15) is 33.1 Å². The van der Waals surface area contributed by atoms with Crippen molar-refractivity contribution in [3.8, 4) is 0 Å². The van der Waals surface area contributed by atoms with Gasteiger partial charge >= 0.3 is 0 Å². The number of nitrogens with two attached hydrogens (primary N) is 1. The standard InChI is InChI=1S/C17H28ClN5O/c1-12-10-22(11-13(2)24-12)6-3-14-4-7-23(8-5-14)16-9-15(18)20-17(19)21-16/h9,12-14H,3-8,10-11H2,1-2H3,(H2,19,20,21). The molecular formula is C17H28ClN5O. The first-order valence-corrected chi connectivity index (χ1v) is 9.30. The summed E-state index contributed by atoms with van der Waals surface area (Å²) in [7, 11) is 0. The van der Waals surface area contributed by atoms with Gasteiger partial charge < -0.3 is 15.4 Å². The highest BCUT2D eigenvalue weighted by Gasteiger charge is 2.25. The lowest BCUT2D eigenvalue weighted by Gasteiger charge is -2.37. The van der Waals surface area contributed by atoms with Crippen molar-refractivity contribution in [2.45, 2.75) is 45.3 Å². The van der Waals surface area contributed by atoms with Crippen molar-refractivity contribution in [2.24, 2.45) is 5.92 Å². The Morgan fingerprint density at radius 3 is 2.50 bits per heavy atom. The normalized spacial score (nSPS) is 26.7. The molecule has 6 nitrogen and oxygen atoms in total. The van der Waals surface area contributed by atoms with Crippen LogP contribution in [0.15, 0.2) is 6.07 Å². The van der Waals surface area contributed by atoms with Gasteiger partial charge in [-0.25, -0.2) is 4.98 Å². The first-order valence-electron chi connectivity index (χ1n) is 8.92. The monoisotopic (exact) mass is 353 g/mol. The van der Waals surface area contributed by atoms with E-state index in [1.54, 1.807) is 6.07 Å². The zero-order valence-electron chi connectivity index (χ0n) is 14.6. The molecule has 1 aromatic rings. The third-order valence-electron chi connectivity index (χ3n) is 4.99. The molecule has 3 rings (SSSR count). The zero-order valence-corrected chi connectivity index (χ0v) is 15.4. The first-order chi connectivity index (χ1) is 11.5. The van der Waals surface area contributed by atoms with Gasteiger partial charge in [-0.05, 0) is 45.6 Å². The van der Waals surface area contributed by atoms with E-state index in [0.29, 0.717) is 17.4 Å². The first kappa shape index (κ1) is 17.7. The van der Waals surface area contributed by atoms with Crippen molar-refractivity contribution in [3.05, 3.63) is 11.2 Å². The molecule has 0 spiro atoms. The molecule has 134 valence electrons. The molecule has 2 unspecified atom stereocenters. The van der Waals surface area contributed by atoms with Gasteiger partial charge in [0.05, 0.1) is 12.2 Å². The van der Waals surface area contributed by atoms with Gasteiger partial charge in [0.2, 0.25) is 5.95 Å². The van der Waals surface area contributed by atoms with Crippen molar-refractivity contribution >= 4 is 23.4 Å². The van der Waals surface area contributed by atoms with Crippen LogP contribution in [-0.4, -0.2) is 59.8 Å². The number of piperidine rings is 1. The zero-order chi connectivity index (χ0) is 17.1. The molecule has 0 aliphatic carbocycles. The molecular weight excluding hydrogens is 326 g/mol. The summed E-state index contributed by atoms with van der Waals surface area (Å²) >= 11 is 5.98. The van der Waals surface area contributed by atoms with E-state index < -0.39 is 0 Å². The largest absolute Gasteiger partial charge is 0.373 e. The van der Waals surface area contributed by atoms with Gasteiger partial charge in [0, 0.05) is 32.2 Å². The number of nitrogens with zero attached hydrogens (tertiary/aromatic N) is 4. The van der Waals surface area contributed by atoms with Crippen LogP contribution >= 0.6 is 11.6 Å². The fourth-order valence-electron chi connectivity index (χ4n) is 3.87. The highest BCUT2D eigenvalue weighted by Crippen LogP contribution is 2.26. The number of morpholine rings is 1. The summed E-state index contributed by atoms with van der Waals surface area (Å²) in [6.45, 7) is 9.64. The number of anilines is 2. The van der Waals surface area contributed by atoms with Gasteiger partial charge in [0.1, 0.15) is 11.0 Å². The number of ether oxygens (including phenoxy) is 1. The summed E-state index contributed by atoms with van der Waals surface area (Å²) < 4.78 is 5.81. The molecule has 2 aliphatic rings. The van der Waals surface area contributed by atoms with Crippen molar-refractivity contribution in [1.82, 2.24) is 14.9 Å². The number of hydrogen-bond acceptors (Lipinski definition) is 6. The maximum atomic E-state index is 5.98. The van der Waals surface area contributed by atoms with E-state index >= 15 is 0 Å². The SMILES string of the molecule is CC1CN(CCC2CCN(c3cc(Cl)nc(N)n3)CC2)CC(C)O1. The molecule has 2 atom stereocenters. The molecule has 0 saturated carbocycles. The van der Waals surface area contributed by atoms with Crippen molar-refractivity contribution in [2.75, 3.05) is 43.4 Å². The lowest BCUT2D eigenvalue weighted by atomic mass is 9.93. The summed E-state index contributed by atoms with van der Waals surface area (Å²) in [4.78, 5) is 13.0. The predicted molar refractivity (Wildman–Crippen MR) is 97.5 cm³/mol. The molecule has 24 heavy (non-hydrogen) atoms. The van der Waals surface area contributed by atoms with E-state index in [2.05, 4.69) is 33.6 Å². The van der Waals surface area contributed by atoms with Crippen LogP contribution in [0, 0.1) is 5.92 Å². The quantitative estimate of drug-likeness (QED) is 0.838. The van der Waals surface area contributed by atoms with Gasteiger partial charge in [-0.3, -0.25) is 4.90 Å². The van der Waals surface area contributed by atoms with Crippen molar-refractivity contribution in [3.63, 3.8) is 0 Å². The van der Waals surface area contributed by atoms with E-state index in [1.165, 1.54) is 25.8 Å². The Morgan fingerprint density at radius 1 is 1.21 bits per heavy atom. The average molecular weight is 354 g/mol. The van der Waals surface area contributed by atoms with E-state index in [4.69, 9.17) is 22.1 Å². The summed E-state index contributed by atoms with van der Waals surface area (Å²) in [5.41, 5.74) is 5.70. The second kappa shape index (κ2) is 7.85. The van der Waals surface area contributed by atoms with Crippen LogP contribution in [0.5, 0.6) is 0 Å². The second-order valence-electron chi connectivity index (χ2n) is 7.14. The van der Waals surface area contributed by atoms with Crippen LogP contribution in [-0.2, 0) is 4.74 Å². The van der Waals surface area contributed by atoms with Gasteiger partial charge in [-0.15, -0.1) is 0 Å². The summed E-state index contributed by atoms with van der Waals surface area (Å²) in [5.74, 6) is 1.88. The maximum absolute atomic E-state index is 5.98. The molecule has 2 aliphatic heterocycles. The van der Waals surface area contributed by atoms with Crippen molar-refractivity contribution in [1.29, 1.82) is 0 Å². The fraction of sp³-hybridized carbons (Fsp3) is 0.765. The summed E-state index contributed by atoms with van der Waals surface area (Å²) in [6, 6.07) is 1.80. The Labute approximate surface area is 149 Å². The van der Waals surface area contributed by atoms with Gasteiger partial charge in [-0.1, -0.05) is 11.6 Å². The molecule has 0 amide bonds. The van der Waals surface area contributed by atoms with Crippen LogP contribution in [0.4, 0.5) is 11.8 Å². The highest BCUT2D eigenvalue weighted by molar-refractivity contribution is 6.29. The third-order valence-corrected chi connectivity index (χ3v) is 5.18. The number of hydrogen-bond donors (Lipinski definition) is 1. The minimum atomic E-state index is 0.246. The molecule has 0 aromatic carbocycles. The molecule has 0 bridgehead atoms. The molecule has 3 heterocycles. The Morgan fingerprint density at radius 2 is 1.88 bits per heavy atom. The van der Waals surface area contributed by atoms with E-state index in [1.807, 2.05) is 0 Å². The van der Waals surface area contributed by atoms with E-state index in [0.717, 1.165) is 37.9 Å². The highest BCUT2D eigenvalue weighted by atomic mass is 35.5. The average Bonchev–Trinajstić information content (AvgIpc) is 2.51. The lowest BCUT2D eigenvalue weighted by molar-refractivity contribution is -0.0690. The van der Waals surface area contributed by atoms with Crippen LogP contribution < -0.4 is 10.6 Å². The van der Waals surface area contributed by atoms with Crippen molar-refractivity contribution < 1.29 is 4.74 Å². The Kier molecular flexibility index (Phi) is 5.79. The van der Waals surface area contributed by atoms with Gasteiger partial charge in [-0.2, -0.15) is 4.98 Å². The molecule has 2 fully saturated rings. The molecule has 0 radical (unpaired) electrons. The number of rotatable bonds is 4. The second-order valence-corrected chi connectivity index (χ2v) is 7.53. The minimum absolute atomic E-state index is 0.246. The molecule has 2 N–H and O–H groups in total. The Bertz CT molecular complexity index is 520. The molecule has 2 saturated heterocycles. The minimum Gasteiger partial charge on any atom is -0.373 e. The van der Waals surface area contributed by atoms with Crippen LogP contribution in [0.3, 0.4) is 0 Å². The van der Waals surface area contributed by atoms with Crippen LogP contribution in [0.2, 0.25) is 5.15 Å². The van der Waals surface area contributed by atoms with Gasteiger partial charge in [0.25, 0.3) is 0 Å².